The third kappa shape index (κ3) is 20.4. The van der Waals surface area contributed by atoms with E-state index < -0.39 is 90.9 Å². The Morgan fingerprint density at radius 3 is 1.44 bits per heavy atom. The number of rotatable bonds is 10. The second-order valence-corrected chi connectivity index (χ2v) is 6.94. The number of nitrogens with two attached hydrogens (primary N) is 2. The van der Waals surface area contributed by atoms with E-state index in [1.165, 1.54) is 7.05 Å². The summed E-state index contributed by atoms with van der Waals surface area (Å²) in [6.45, 7) is 1.55. The number of nitrogens with zero attached hydrogens (tertiary/aromatic N) is 1. The van der Waals surface area contributed by atoms with Crippen molar-refractivity contribution in [3.8, 4) is 0 Å². The van der Waals surface area contributed by atoms with E-state index in [-0.39, 0.29) is 54.4 Å². The Bertz CT molecular complexity index is 827. The molecule has 0 bridgehead atoms. The zero-order valence-electron chi connectivity index (χ0n) is 22.6. The molecule has 18 N–H and O–H groups in total. The van der Waals surface area contributed by atoms with E-state index in [1.807, 2.05) is 0 Å². The molecule has 1 heterocycles. The number of carbonyl (C=O) groups is 8. The van der Waals surface area contributed by atoms with E-state index >= 15 is 0 Å². The molecule has 3 amide bonds. The van der Waals surface area contributed by atoms with Crippen molar-refractivity contribution in [2.75, 3.05) is 7.05 Å². The molecule has 1 fully saturated rings. The van der Waals surface area contributed by atoms with Gasteiger partial charge in [-0.15, -0.1) is 0 Å². The Kier molecular flexibility index (Phi) is 29.8. The van der Waals surface area contributed by atoms with Crippen molar-refractivity contribution in [3.05, 3.63) is 0 Å². The molecule has 222 valence electrons. The molecule has 20 nitrogen and oxygen atoms in total. The van der Waals surface area contributed by atoms with Crippen molar-refractivity contribution in [3.63, 3.8) is 0 Å². The SMILES string of the molecule is CNC(=O)CC(C(=O)O)N1C(=O)CC(C)C1=O.NC(CC(=O)[O-])C(=O)[O-].NC(CC(=O)[O-])C(=O)[O-].[NH4+].[NH4+].[NH4+].[Na+]. The van der Waals surface area contributed by atoms with Gasteiger partial charge in [0, 0.05) is 56.3 Å². The quantitative estimate of drug-likeness (QED) is 0.0929. The number of hydrogen-bond acceptors (Lipinski definition) is 14. The first-order chi connectivity index (χ1) is 16.0. The molecule has 1 rings (SSSR count). The van der Waals surface area contributed by atoms with Gasteiger partial charge in [-0.05, 0) is 0 Å². The van der Waals surface area contributed by atoms with Crippen molar-refractivity contribution in [1.29, 1.82) is 0 Å². The fourth-order valence-corrected chi connectivity index (χ4v) is 2.23. The summed E-state index contributed by atoms with van der Waals surface area (Å²) in [5.41, 5.74) is 9.47. The average molecular weight is 582 g/mol. The molecule has 39 heavy (non-hydrogen) atoms. The number of hydrogen-bond donors (Lipinski definition) is 7. The predicted molar refractivity (Wildman–Crippen MR) is 119 cm³/mol. The first kappa shape index (κ1) is 48.8. The molecular weight excluding hydrogens is 545 g/mol. The number of nitrogens with one attached hydrogen (secondary N) is 1. The van der Waals surface area contributed by atoms with Crippen LogP contribution in [0.25, 0.3) is 0 Å². The standard InChI is InChI=1S/C10H14N2O5.2C4H7NO4.3H3N.Na/c1-5-3-8(14)12(9(5)15)6(10(16)17)4-7(13)11-2;2*5-2(4(8)9)1-3(6)7;;;;/h5-6H,3-4H2,1-2H3,(H,11,13)(H,16,17);2*2H,1,5H2,(H,6,7)(H,8,9);3*1H3;/q;;;;;;+1/p-1. The fourth-order valence-electron chi connectivity index (χ4n) is 2.23. The van der Waals surface area contributed by atoms with Crippen LogP contribution < -0.4 is 85.2 Å². The third-order valence-corrected chi connectivity index (χ3v) is 4.04. The van der Waals surface area contributed by atoms with Gasteiger partial charge in [0.25, 0.3) is 0 Å². The summed E-state index contributed by atoms with van der Waals surface area (Å²) in [7, 11) is 1.36. The van der Waals surface area contributed by atoms with E-state index in [1.54, 1.807) is 6.92 Å². The largest absolute Gasteiger partial charge is 1.00 e. The van der Waals surface area contributed by atoms with Crippen LogP contribution in [0.5, 0.6) is 0 Å². The molecule has 0 aromatic carbocycles. The maximum absolute atomic E-state index is 11.6. The minimum absolute atomic E-state index is 0. The van der Waals surface area contributed by atoms with Crippen molar-refractivity contribution in [2.45, 2.75) is 50.7 Å². The Labute approximate surface area is 244 Å². The van der Waals surface area contributed by atoms with E-state index in [9.17, 15) is 58.8 Å². The van der Waals surface area contributed by atoms with Crippen LogP contribution in [-0.2, 0) is 38.4 Å². The van der Waals surface area contributed by atoms with Gasteiger partial charge in [-0.25, -0.2) is 4.79 Å². The molecule has 1 saturated heterocycles. The number of imide groups is 1. The molecule has 1 aliphatic rings. The van der Waals surface area contributed by atoms with E-state index in [0.29, 0.717) is 4.90 Å². The van der Waals surface area contributed by atoms with Crippen LogP contribution in [0.1, 0.15) is 32.6 Å². The fraction of sp³-hybridized carbons (Fsp3) is 0.556. The Balaban J connectivity index is -0.000000108. The van der Waals surface area contributed by atoms with Gasteiger partial charge in [-0.3, -0.25) is 19.3 Å². The van der Waals surface area contributed by atoms with Crippen LogP contribution >= 0.6 is 0 Å². The van der Waals surface area contributed by atoms with Crippen LogP contribution in [0.15, 0.2) is 0 Å². The Hall–Kier alpha value is -3.24. The molecule has 0 aromatic heterocycles. The first-order valence-corrected chi connectivity index (χ1v) is 9.57. The van der Waals surface area contributed by atoms with Crippen molar-refractivity contribution in [1.82, 2.24) is 28.7 Å². The molecule has 1 aliphatic heterocycles. The molecule has 4 unspecified atom stereocenters. The molecule has 4 atom stereocenters. The normalized spacial score (nSPS) is 15.2. The average Bonchev–Trinajstić information content (AvgIpc) is 2.97. The third-order valence-electron chi connectivity index (χ3n) is 4.04. The van der Waals surface area contributed by atoms with E-state index in [0.717, 1.165) is 0 Å². The molecule has 0 aromatic rings. The van der Waals surface area contributed by atoms with Crippen LogP contribution in [0.4, 0.5) is 0 Å². The molecule has 0 radical (unpaired) electrons. The number of carboxylic acids is 5. The van der Waals surface area contributed by atoms with Gasteiger partial charge in [0.05, 0.1) is 18.4 Å². The molecule has 0 spiro atoms. The second-order valence-electron chi connectivity index (χ2n) is 6.94. The summed E-state index contributed by atoms with van der Waals surface area (Å²) in [6, 6.07) is -4.34. The molecule has 21 heteroatoms. The van der Waals surface area contributed by atoms with Gasteiger partial charge in [0.15, 0.2) is 0 Å². The minimum Gasteiger partial charge on any atom is -0.550 e. The summed E-state index contributed by atoms with van der Waals surface area (Å²) < 4.78 is 0. The summed E-state index contributed by atoms with van der Waals surface area (Å²) >= 11 is 0. The van der Waals surface area contributed by atoms with Crippen molar-refractivity contribution in [2.24, 2.45) is 17.4 Å². The number of amides is 3. The van der Waals surface area contributed by atoms with Crippen LogP contribution in [0, 0.1) is 5.92 Å². The van der Waals surface area contributed by atoms with E-state index in [2.05, 4.69) is 5.32 Å². The zero-order valence-corrected chi connectivity index (χ0v) is 24.6. The topological polar surface area (TPSA) is 426 Å². The zero-order chi connectivity index (χ0) is 28.0. The maximum Gasteiger partial charge on any atom is 1.00 e. The van der Waals surface area contributed by atoms with Gasteiger partial charge in [0.1, 0.15) is 6.04 Å². The Morgan fingerprint density at radius 2 is 1.26 bits per heavy atom. The second kappa shape index (κ2) is 23.8. The van der Waals surface area contributed by atoms with Crippen molar-refractivity contribution >= 4 is 47.6 Å². The van der Waals surface area contributed by atoms with Crippen LogP contribution in [-0.4, -0.2) is 82.7 Å². The first-order valence-electron chi connectivity index (χ1n) is 9.57. The van der Waals surface area contributed by atoms with Gasteiger partial charge in [-0.2, -0.15) is 0 Å². The molecule has 0 saturated carbocycles. The van der Waals surface area contributed by atoms with Gasteiger partial charge < -0.3 is 79.9 Å². The number of aliphatic carboxylic acids is 5. The van der Waals surface area contributed by atoms with Gasteiger partial charge in [-0.1, -0.05) is 6.92 Å². The van der Waals surface area contributed by atoms with Gasteiger partial charge in [0.2, 0.25) is 17.7 Å². The van der Waals surface area contributed by atoms with Crippen LogP contribution in [0.2, 0.25) is 0 Å². The molecule has 0 aliphatic carbocycles. The number of likely N-dealkylation sites (tertiary alicyclic amines) is 1. The number of carbonyl (C=O) groups excluding carboxylic acids is 7. The van der Waals surface area contributed by atoms with Crippen LogP contribution in [0.3, 0.4) is 0 Å². The van der Waals surface area contributed by atoms with Gasteiger partial charge >= 0.3 is 35.5 Å². The summed E-state index contributed by atoms with van der Waals surface area (Å²) in [5.74, 6) is -9.64. The Morgan fingerprint density at radius 1 is 0.897 bits per heavy atom. The maximum atomic E-state index is 11.6. The van der Waals surface area contributed by atoms with Crippen molar-refractivity contribution < 1.29 is 93.4 Å². The summed E-state index contributed by atoms with van der Waals surface area (Å²) in [6.07, 6.45) is -1.84. The summed E-state index contributed by atoms with van der Waals surface area (Å²) in [4.78, 5) is 84.7. The monoisotopic (exact) mass is 581 g/mol. The molecular formula is C18H36N7NaO13. The minimum atomic E-state index is -1.58. The number of carboxylic acid groups (broad SMARTS) is 5. The van der Waals surface area contributed by atoms with E-state index in [4.69, 9.17) is 16.6 Å². The summed E-state index contributed by atoms with van der Waals surface area (Å²) in [5, 5.41) is 49.9. The predicted octanol–water partition coefficient (Wildman–Crippen LogP) is -10.5. The smallest absolute Gasteiger partial charge is 0.550 e. The number of quaternary nitrogens is 3.